The molecule has 20 heavy (non-hydrogen) atoms. The predicted octanol–water partition coefficient (Wildman–Crippen LogP) is 3.29. The molecule has 1 amide bonds. The second kappa shape index (κ2) is 7.53. The van der Waals surface area contributed by atoms with Gasteiger partial charge in [0, 0.05) is 11.9 Å². The Morgan fingerprint density at radius 2 is 2.30 bits per heavy atom. The smallest absolute Gasteiger partial charge is 0.223 e. The Kier molecular flexibility index (Phi) is 5.72. The van der Waals surface area contributed by atoms with Crippen LogP contribution in [0, 0.1) is 12.8 Å². The molecule has 4 heteroatoms. The van der Waals surface area contributed by atoms with Crippen molar-refractivity contribution in [3.8, 4) is 5.75 Å². The average molecular weight is 296 g/mol. The van der Waals surface area contributed by atoms with Crippen molar-refractivity contribution in [2.75, 3.05) is 12.5 Å². The third kappa shape index (κ3) is 4.41. The first-order valence-electron chi connectivity index (χ1n) is 7.24. The largest absolute Gasteiger partial charge is 0.493 e. The first-order chi connectivity index (χ1) is 9.69. The molecule has 0 bridgehead atoms. The quantitative estimate of drug-likeness (QED) is 0.818. The number of rotatable bonds is 6. The number of alkyl halides is 1. The van der Waals surface area contributed by atoms with E-state index in [1.165, 1.54) is 0 Å². The number of ether oxygens (including phenoxy) is 1. The predicted molar refractivity (Wildman–Crippen MR) is 81.3 cm³/mol. The zero-order chi connectivity index (χ0) is 14.4. The maximum atomic E-state index is 11.9. The Morgan fingerprint density at radius 3 is 3.05 bits per heavy atom. The van der Waals surface area contributed by atoms with Gasteiger partial charge in [-0.05, 0) is 43.4 Å². The molecule has 1 aliphatic carbocycles. The van der Waals surface area contributed by atoms with E-state index in [-0.39, 0.29) is 11.9 Å². The highest BCUT2D eigenvalue weighted by Crippen LogP contribution is 2.26. The molecule has 0 aromatic heterocycles. The van der Waals surface area contributed by atoms with Gasteiger partial charge < -0.3 is 10.1 Å². The lowest BCUT2D eigenvalue weighted by Gasteiger charge is -2.18. The molecule has 0 aliphatic heterocycles. The zero-order valence-electron chi connectivity index (χ0n) is 11.9. The molecule has 3 nitrogen and oxygen atoms in total. The van der Waals surface area contributed by atoms with Crippen molar-refractivity contribution in [1.29, 1.82) is 0 Å². The van der Waals surface area contributed by atoms with E-state index in [0.29, 0.717) is 24.8 Å². The van der Waals surface area contributed by atoms with Crippen LogP contribution in [-0.2, 0) is 4.79 Å². The minimum atomic E-state index is 0.0552. The van der Waals surface area contributed by atoms with E-state index in [1.807, 2.05) is 31.2 Å². The molecule has 1 aromatic carbocycles. The Bertz CT molecular complexity index is 450. The van der Waals surface area contributed by atoms with Gasteiger partial charge in [0.1, 0.15) is 5.75 Å². The van der Waals surface area contributed by atoms with Crippen LogP contribution in [0.5, 0.6) is 5.75 Å². The van der Waals surface area contributed by atoms with Gasteiger partial charge >= 0.3 is 0 Å². The summed E-state index contributed by atoms with van der Waals surface area (Å²) < 4.78 is 5.59. The van der Waals surface area contributed by atoms with Crippen molar-refractivity contribution >= 4 is 17.5 Å². The van der Waals surface area contributed by atoms with Crippen LogP contribution in [0.1, 0.15) is 31.2 Å². The van der Waals surface area contributed by atoms with Crippen molar-refractivity contribution in [2.24, 2.45) is 5.92 Å². The van der Waals surface area contributed by atoms with E-state index in [2.05, 4.69) is 5.32 Å². The summed E-state index contributed by atoms with van der Waals surface area (Å²) in [6, 6.07) is 8.10. The van der Waals surface area contributed by atoms with Gasteiger partial charge in [0.25, 0.3) is 0 Å². The molecular formula is C16H22ClNO2. The molecule has 1 aromatic rings. The molecule has 0 heterocycles. The van der Waals surface area contributed by atoms with Gasteiger partial charge in [0.2, 0.25) is 5.91 Å². The van der Waals surface area contributed by atoms with Crippen LogP contribution in [-0.4, -0.2) is 24.4 Å². The highest BCUT2D eigenvalue weighted by atomic mass is 35.5. The Balaban J connectivity index is 1.70. The number of hydrogen-bond acceptors (Lipinski definition) is 2. The summed E-state index contributed by atoms with van der Waals surface area (Å²) in [5.41, 5.74) is 1.16. The third-order valence-electron chi connectivity index (χ3n) is 3.79. The summed E-state index contributed by atoms with van der Waals surface area (Å²) in [6.45, 7) is 2.43. The van der Waals surface area contributed by atoms with Gasteiger partial charge in [-0.3, -0.25) is 4.79 Å². The second-order valence-corrected chi connectivity index (χ2v) is 5.74. The lowest BCUT2D eigenvalue weighted by molar-refractivity contribution is -0.122. The van der Waals surface area contributed by atoms with Gasteiger partial charge in [-0.2, -0.15) is 0 Å². The van der Waals surface area contributed by atoms with Crippen LogP contribution in [0.3, 0.4) is 0 Å². The van der Waals surface area contributed by atoms with Gasteiger partial charge in [-0.15, -0.1) is 11.6 Å². The minimum Gasteiger partial charge on any atom is -0.493 e. The van der Waals surface area contributed by atoms with Crippen LogP contribution in [0.25, 0.3) is 0 Å². The van der Waals surface area contributed by atoms with Crippen LogP contribution < -0.4 is 10.1 Å². The number of aryl methyl sites for hydroxylation is 1. The summed E-state index contributed by atoms with van der Waals surface area (Å²) in [4.78, 5) is 11.9. The van der Waals surface area contributed by atoms with E-state index in [4.69, 9.17) is 16.3 Å². The fourth-order valence-corrected chi connectivity index (χ4v) is 3.03. The molecule has 2 rings (SSSR count). The van der Waals surface area contributed by atoms with Crippen LogP contribution in [0.4, 0.5) is 0 Å². The topological polar surface area (TPSA) is 38.3 Å². The van der Waals surface area contributed by atoms with Gasteiger partial charge in [-0.25, -0.2) is 0 Å². The van der Waals surface area contributed by atoms with Gasteiger partial charge in [0.15, 0.2) is 0 Å². The lowest BCUT2D eigenvalue weighted by atomic mass is 10.1. The van der Waals surface area contributed by atoms with Gasteiger partial charge in [-0.1, -0.05) is 18.6 Å². The summed E-state index contributed by atoms with van der Waals surface area (Å²) in [7, 11) is 0. The van der Waals surface area contributed by atoms with Crippen molar-refractivity contribution in [2.45, 2.75) is 38.6 Å². The van der Waals surface area contributed by atoms with Crippen molar-refractivity contribution in [3.63, 3.8) is 0 Å². The van der Waals surface area contributed by atoms with Crippen LogP contribution in [0.15, 0.2) is 24.3 Å². The molecule has 1 N–H and O–H groups in total. The van der Waals surface area contributed by atoms with E-state index < -0.39 is 0 Å². The van der Waals surface area contributed by atoms with E-state index in [1.54, 1.807) is 0 Å². The van der Waals surface area contributed by atoms with Crippen LogP contribution in [0.2, 0.25) is 0 Å². The van der Waals surface area contributed by atoms with E-state index >= 15 is 0 Å². The Morgan fingerprint density at radius 1 is 1.45 bits per heavy atom. The molecule has 1 fully saturated rings. The van der Waals surface area contributed by atoms with Crippen molar-refractivity contribution in [3.05, 3.63) is 29.8 Å². The number of hydrogen-bond donors (Lipinski definition) is 1. The molecule has 1 saturated carbocycles. The molecule has 110 valence electrons. The molecule has 2 unspecified atom stereocenters. The monoisotopic (exact) mass is 295 g/mol. The highest BCUT2D eigenvalue weighted by Gasteiger charge is 2.27. The van der Waals surface area contributed by atoms with E-state index in [0.717, 1.165) is 30.6 Å². The minimum absolute atomic E-state index is 0.0552. The lowest BCUT2D eigenvalue weighted by Crippen LogP contribution is -2.38. The SMILES string of the molecule is Cc1cccc(OCCC(=O)NC2CCCC2CCl)c1. The highest BCUT2D eigenvalue weighted by molar-refractivity contribution is 6.18. The summed E-state index contributed by atoms with van der Waals surface area (Å²) >= 11 is 5.91. The Labute approximate surface area is 125 Å². The number of carbonyl (C=O) groups is 1. The molecular weight excluding hydrogens is 274 g/mol. The fraction of sp³-hybridized carbons (Fsp3) is 0.562. The number of nitrogens with one attached hydrogen (secondary N) is 1. The number of carbonyl (C=O) groups excluding carboxylic acids is 1. The average Bonchev–Trinajstić information content (AvgIpc) is 2.86. The maximum absolute atomic E-state index is 11.9. The number of amides is 1. The first kappa shape index (κ1) is 15.2. The molecule has 0 saturated heterocycles. The fourth-order valence-electron chi connectivity index (χ4n) is 2.66. The summed E-state index contributed by atoms with van der Waals surface area (Å²) in [5.74, 6) is 1.93. The van der Waals surface area contributed by atoms with Crippen molar-refractivity contribution in [1.82, 2.24) is 5.32 Å². The third-order valence-corrected chi connectivity index (χ3v) is 4.19. The molecule has 1 aliphatic rings. The van der Waals surface area contributed by atoms with Crippen molar-refractivity contribution < 1.29 is 9.53 Å². The first-order valence-corrected chi connectivity index (χ1v) is 7.77. The standard InChI is InChI=1S/C16H22ClNO2/c1-12-4-2-6-14(10-12)20-9-8-16(19)18-15-7-3-5-13(15)11-17/h2,4,6,10,13,15H,3,5,7-9,11H2,1H3,(H,18,19). The summed E-state index contributed by atoms with van der Waals surface area (Å²) in [6.07, 6.45) is 3.71. The van der Waals surface area contributed by atoms with Gasteiger partial charge in [0.05, 0.1) is 13.0 Å². The molecule has 0 radical (unpaired) electrons. The number of benzene rings is 1. The van der Waals surface area contributed by atoms with Crippen LogP contribution >= 0.6 is 11.6 Å². The molecule has 2 atom stereocenters. The normalized spacial score (nSPS) is 21.7. The Hall–Kier alpha value is -1.22. The maximum Gasteiger partial charge on any atom is 0.223 e. The number of halogens is 1. The molecule has 0 spiro atoms. The summed E-state index contributed by atoms with van der Waals surface area (Å²) in [5, 5.41) is 3.07. The van der Waals surface area contributed by atoms with E-state index in [9.17, 15) is 4.79 Å². The zero-order valence-corrected chi connectivity index (χ0v) is 12.7. The second-order valence-electron chi connectivity index (χ2n) is 5.43.